The van der Waals surface area contributed by atoms with Crippen LogP contribution in [0.2, 0.25) is 0 Å². The molecule has 1 aliphatic heterocycles. The third-order valence-corrected chi connectivity index (χ3v) is 17.2. The Bertz CT molecular complexity index is 2950. The molecule has 3 atom stereocenters. The van der Waals surface area contributed by atoms with Crippen LogP contribution in [0.5, 0.6) is 11.5 Å². The van der Waals surface area contributed by atoms with Crippen molar-refractivity contribution in [2.45, 2.75) is 162 Å². The van der Waals surface area contributed by atoms with Crippen LogP contribution in [-0.2, 0) is 58.8 Å². The van der Waals surface area contributed by atoms with Crippen LogP contribution in [0.15, 0.2) is 83.8 Å². The first-order chi connectivity index (χ1) is 36.2. The van der Waals surface area contributed by atoms with Gasteiger partial charge >= 0.3 is 6.09 Å². The van der Waals surface area contributed by atoms with Crippen molar-refractivity contribution >= 4 is 45.4 Å². The lowest BCUT2D eigenvalue weighted by atomic mass is 9.55. The largest absolute Gasteiger partial charge is 0.489 e. The lowest BCUT2D eigenvalue weighted by Crippen LogP contribution is -2.58. The van der Waals surface area contributed by atoms with Crippen LogP contribution in [0.25, 0.3) is 0 Å². The van der Waals surface area contributed by atoms with E-state index in [-0.39, 0.29) is 42.3 Å². The van der Waals surface area contributed by atoms with Crippen LogP contribution in [0.3, 0.4) is 0 Å². The first-order valence-corrected chi connectivity index (χ1v) is 27.6. The second-order valence-electron chi connectivity index (χ2n) is 23.1. The third-order valence-electron chi connectivity index (χ3n) is 15.0. The summed E-state index contributed by atoms with van der Waals surface area (Å²) < 4.78 is 50.3. The number of primary amides is 1. The van der Waals surface area contributed by atoms with Crippen LogP contribution in [0.4, 0.5) is 10.5 Å². The van der Waals surface area contributed by atoms with Gasteiger partial charge in [-0.3, -0.25) is 29.3 Å². The predicted molar refractivity (Wildman–Crippen MR) is 297 cm³/mol. The fourth-order valence-electron chi connectivity index (χ4n) is 9.59. The first kappa shape index (κ1) is 61.8. The molecule has 0 unspecified atom stereocenters. The molecular formula is C58H79N7O12S. The van der Waals surface area contributed by atoms with Crippen molar-refractivity contribution in [3.63, 3.8) is 0 Å². The number of rotatable bonds is 23. The SMILES string of the molecule is Cc1c(C)c(S(=O)(=O)N(CCNC(=O)[C@H](Cc2ccc(OCc3ccccc3)cc2)NC(=O)OC(C)(C)C)CC(=O)N[C@@H](Cc2ccc([N+](=O)[O-])cc2)C(=O)N[C@@H](CC(C)C)C(N)=O)c(C)c2c1OC(C)(C)C(C)(C)C2(C)C. The summed E-state index contributed by atoms with van der Waals surface area (Å²) in [4.78, 5) is 79.5. The van der Waals surface area contributed by atoms with Gasteiger partial charge in [0.25, 0.3) is 5.69 Å². The number of carbonyl (C=O) groups excluding carboxylic acids is 5. The molecule has 0 radical (unpaired) electrons. The number of nitro benzene ring substituents is 1. The molecule has 0 aliphatic carbocycles. The Balaban J connectivity index is 1.52. The van der Waals surface area contributed by atoms with Gasteiger partial charge in [0.05, 0.1) is 16.4 Å². The second kappa shape index (κ2) is 24.7. The van der Waals surface area contributed by atoms with E-state index in [9.17, 15) is 34.1 Å². The molecule has 4 aromatic rings. The molecule has 20 heteroatoms. The molecule has 0 bridgehead atoms. The minimum atomic E-state index is -4.70. The van der Waals surface area contributed by atoms with E-state index in [2.05, 4.69) is 35.1 Å². The lowest BCUT2D eigenvalue weighted by Gasteiger charge is -2.57. The first-order valence-electron chi connectivity index (χ1n) is 26.2. The molecular weight excluding hydrogens is 1020 g/mol. The number of nitrogens with two attached hydrogens (primary N) is 1. The smallest absolute Gasteiger partial charge is 0.408 e. The maximum absolute atomic E-state index is 15.6. The van der Waals surface area contributed by atoms with Crippen LogP contribution < -0.4 is 36.5 Å². The Morgan fingerprint density at radius 1 is 0.756 bits per heavy atom. The zero-order valence-electron chi connectivity index (χ0n) is 47.5. The normalized spacial score (nSPS) is 15.6. The Morgan fingerprint density at radius 3 is 1.86 bits per heavy atom. The van der Waals surface area contributed by atoms with Gasteiger partial charge in [0.15, 0.2) is 0 Å². The number of ether oxygens (including phenoxy) is 3. The highest BCUT2D eigenvalue weighted by Crippen LogP contribution is 2.59. The van der Waals surface area contributed by atoms with E-state index >= 15 is 8.42 Å². The van der Waals surface area contributed by atoms with E-state index in [0.29, 0.717) is 51.5 Å². The van der Waals surface area contributed by atoms with Gasteiger partial charge in [0.2, 0.25) is 33.7 Å². The number of non-ortho nitro benzene ring substituents is 1. The monoisotopic (exact) mass is 1100 g/mol. The van der Waals surface area contributed by atoms with Crippen LogP contribution in [0.1, 0.15) is 122 Å². The molecule has 0 fully saturated rings. The Kier molecular flexibility index (Phi) is 19.6. The molecule has 5 amide bonds. The van der Waals surface area contributed by atoms with Gasteiger partial charge in [-0.25, -0.2) is 13.2 Å². The van der Waals surface area contributed by atoms with Crippen LogP contribution >= 0.6 is 0 Å². The number of nitro groups is 1. The van der Waals surface area contributed by atoms with E-state index < -0.39 is 97.9 Å². The van der Waals surface area contributed by atoms with Crippen molar-refractivity contribution in [2.75, 3.05) is 19.6 Å². The Morgan fingerprint density at radius 2 is 1.32 bits per heavy atom. The quantitative estimate of drug-likeness (QED) is 0.0356. The summed E-state index contributed by atoms with van der Waals surface area (Å²) in [6, 6.07) is 18.2. The molecule has 0 spiro atoms. The van der Waals surface area contributed by atoms with Crippen molar-refractivity contribution in [3.05, 3.63) is 128 Å². The lowest BCUT2D eigenvalue weighted by molar-refractivity contribution is -0.384. The highest BCUT2D eigenvalue weighted by atomic mass is 32.2. The minimum absolute atomic E-state index is 0.00173. The minimum Gasteiger partial charge on any atom is -0.489 e. The summed E-state index contributed by atoms with van der Waals surface area (Å²) in [5, 5.41) is 22.2. The van der Waals surface area contributed by atoms with Gasteiger partial charge in [-0.15, -0.1) is 0 Å². The van der Waals surface area contributed by atoms with E-state index in [1.54, 1.807) is 65.8 Å². The number of alkyl carbamates (subject to hydrolysis) is 1. The van der Waals surface area contributed by atoms with Crippen molar-refractivity contribution in [3.8, 4) is 11.5 Å². The summed E-state index contributed by atoms with van der Waals surface area (Å²) in [5.41, 5.74) is 6.80. The van der Waals surface area contributed by atoms with E-state index in [0.717, 1.165) is 9.87 Å². The maximum atomic E-state index is 15.6. The van der Waals surface area contributed by atoms with Gasteiger partial charge in [-0.1, -0.05) is 96.1 Å². The van der Waals surface area contributed by atoms with Gasteiger partial charge in [-0.05, 0) is 113 Å². The summed E-state index contributed by atoms with van der Waals surface area (Å²) in [6.07, 6.45) is -0.906. The molecule has 78 heavy (non-hydrogen) atoms. The van der Waals surface area contributed by atoms with E-state index in [1.807, 2.05) is 71.9 Å². The third kappa shape index (κ3) is 14.9. The highest BCUT2D eigenvalue weighted by Gasteiger charge is 2.56. The van der Waals surface area contributed by atoms with E-state index in [1.165, 1.54) is 24.3 Å². The van der Waals surface area contributed by atoms with Crippen molar-refractivity contribution in [2.24, 2.45) is 17.1 Å². The van der Waals surface area contributed by atoms with Gasteiger partial charge < -0.3 is 41.2 Å². The summed E-state index contributed by atoms with van der Waals surface area (Å²) in [7, 11) is -4.70. The van der Waals surface area contributed by atoms with Crippen LogP contribution in [-0.4, -0.2) is 96.3 Å². The molecule has 1 aliphatic rings. The Hall–Kier alpha value is -7.06. The number of hydrogen-bond donors (Lipinski definition) is 5. The Labute approximate surface area is 459 Å². The molecule has 424 valence electrons. The number of carbonyl (C=O) groups is 5. The maximum Gasteiger partial charge on any atom is 0.408 e. The summed E-state index contributed by atoms with van der Waals surface area (Å²) in [6.45, 7) is 24.7. The summed E-state index contributed by atoms with van der Waals surface area (Å²) in [5.74, 6) is -2.15. The van der Waals surface area contributed by atoms with Crippen molar-refractivity contribution in [1.82, 2.24) is 25.6 Å². The zero-order valence-corrected chi connectivity index (χ0v) is 48.4. The molecule has 0 aromatic heterocycles. The molecule has 19 nitrogen and oxygen atoms in total. The molecule has 4 aromatic carbocycles. The average molecular weight is 1100 g/mol. The average Bonchev–Trinajstić information content (AvgIpc) is 3.33. The molecule has 5 rings (SSSR count). The van der Waals surface area contributed by atoms with Crippen molar-refractivity contribution in [1.29, 1.82) is 0 Å². The molecule has 0 saturated carbocycles. The number of nitrogens with zero attached hydrogens (tertiary/aromatic N) is 2. The van der Waals surface area contributed by atoms with Crippen molar-refractivity contribution < 1.29 is 51.5 Å². The number of amides is 5. The number of hydrogen-bond acceptors (Lipinski definition) is 12. The topological polar surface area (TPSA) is 268 Å². The van der Waals surface area contributed by atoms with Gasteiger partial charge in [0.1, 0.15) is 47.4 Å². The predicted octanol–water partition coefficient (Wildman–Crippen LogP) is 7.56. The number of nitrogens with one attached hydrogen (secondary N) is 4. The second-order valence-corrected chi connectivity index (χ2v) is 24.9. The number of fused-ring (bicyclic) bond motifs is 1. The summed E-state index contributed by atoms with van der Waals surface area (Å²) >= 11 is 0. The molecule has 1 heterocycles. The zero-order chi connectivity index (χ0) is 58.3. The fourth-order valence-corrected chi connectivity index (χ4v) is 11.5. The molecule has 0 saturated heterocycles. The van der Waals surface area contributed by atoms with Crippen LogP contribution in [0, 0.1) is 42.2 Å². The highest BCUT2D eigenvalue weighted by molar-refractivity contribution is 7.89. The number of benzene rings is 4. The van der Waals surface area contributed by atoms with E-state index in [4.69, 9.17) is 19.9 Å². The number of sulfonamides is 1. The van der Waals surface area contributed by atoms with Gasteiger partial charge in [-0.2, -0.15) is 4.31 Å². The fraction of sp³-hybridized carbons (Fsp3) is 0.500. The molecule has 6 N–H and O–H groups in total. The standard InChI is InChI=1S/C58H79N7O12S/c1-35(2)30-44(51(59)67)62-53(69)46(32-39-20-24-42(25-21-39)65(71)72)61-47(66)33-64(78(73,74)50-37(4)36(3)49-48(38(50)5)56(9,10)57(11,12)58(13,14)76-49)29-28-60-52(68)45(63-54(70)77-55(6,7)8)31-40-22-26-43(27-23-40)75-34-41-18-16-15-17-19-41/h15-27,35,44-46H,28-34H2,1-14H3,(H2,59,67)(H,60,68)(H,61,66)(H,62,69)(H,63,70)/t44-,45-,46-/m0/s1. The van der Waals surface area contributed by atoms with Gasteiger partial charge in [0, 0.05) is 54.5 Å².